The van der Waals surface area contributed by atoms with Gasteiger partial charge in [0.15, 0.2) is 10.8 Å². The largest absolute Gasteiger partial charge is 0.493 e. The summed E-state index contributed by atoms with van der Waals surface area (Å²) in [4.78, 5) is 21.2. The maximum atomic E-state index is 13.5. The molecule has 168 valence electrons. The lowest BCUT2D eigenvalue weighted by Gasteiger charge is -2.15. The van der Waals surface area contributed by atoms with E-state index in [-0.39, 0.29) is 16.4 Å². The Morgan fingerprint density at radius 2 is 2.03 bits per heavy atom. The number of hydrogen-bond acceptors (Lipinski definition) is 5. The molecule has 0 radical (unpaired) electrons. The fourth-order valence-electron chi connectivity index (χ4n) is 3.12. The fourth-order valence-corrected chi connectivity index (χ4v) is 3.33. The maximum Gasteiger partial charge on any atom is 0.267 e. The summed E-state index contributed by atoms with van der Waals surface area (Å²) >= 11 is 5.20. The summed E-state index contributed by atoms with van der Waals surface area (Å²) in [6.45, 7) is 4.14. The average Bonchev–Trinajstić information content (AvgIpc) is 2.76. The van der Waals surface area contributed by atoms with Crippen molar-refractivity contribution in [1.29, 1.82) is 0 Å². The lowest BCUT2D eigenvalue weighted by molar-refractivity contribution is 0.0977. The van der Waals surface area contributed by atoms with Crippen LogP contribution < -0.4 is 15.4 Å². The van der Waals surface area contributed by atoms with Crippen LogP contribution in [-0.4, -0.2) is 27.6 Å². The second-order valence-corrected chi connectivity index (χ2v) is 7.60. The van der Waals surface area contributed by atoms with Crippen LogP contribution in [0, 0.1) is 6.92 Å². The highest BCUT2D eigenvalue weighted by Gasteiger charge is 2.17. The zero-order valence-electron chi connectivity index (χ0n) is 17.8. The third-order valence-corrected chi connectivity index (χ3v) is 4.96. The van der Waals surface area contributed by atoms with Gasteiger partial charge in [-0.2, -0.15) is 0 Å². The quantitative estimate of drug-likeness (QED) is 0.339. The number of unbranched alkanes of at least 4 members (excludes halogenated alkanes) is 2. The van der Waals surface area contributed by atoms with Crippen molar-refractivity contribution < 1.29 is 18.3 Å². The molecular formula is C23H24F2N4O2S. The Hall–Kier alpha value is -3.20. The van der Waals surface area contributed by atoms with E-state index in [2.05, 4.69) is 27.5 Å². The molecule has 2 heterocycles. The number of nitrogens with one attached hydrogen (secondary N) is 2. The normalized spacial score (nSPS) is 10.9. The van der Waals surface area contributed by atoms with Crippen molar-refractivity contribution in [2.75, 3.05) is 11.9 Å². The van der Waals surface area contributed by atoms with Crippen molar-refractivity contribution in [2.45, 2.75) is 39.5 Å². The number of pyridine rings is 2. The Morgan fingerprint density at radius 3 is 2.78 bits per heavy atom. The topological polar surface area (TPSA) is 76.1 Å². The number of halogens is 2. The van der Waals surface area contributed by atoms with Gasteiger partial charge >= 0.3 is 0 Å². The number of amides is 1. The van der Waals surface area contributed by atoms with E-state index in [0.717, 1.165) is 24.6 Å². The van der Waals surface area contributed by atoms with Crippen molar-refractivity contribution in [3.05, 3.63) is 59.4 Å². The van der Waals surface area contributed by atoms with Crippen LogP contribution in [0.5, 0.6) is 5.75 Å². The molecule has 2 N–H and O–H groups in total. The molecule has 2 aromatic heterocycles. The first-order valence-electron chi connectivity index (χ1n) is 10.3. The van der Waals surface area contributed by atoms with E-state index in [9.17, 15) is 13.6 Å². The minimum atomic E-state index is -2.71. The molecule has 0 saturated heterocycles. The van der Waals surface area contributed by atoms with Gasteiger partial charge in [-0.05, 0) is 62.0 Å². The highest BCUT2D eigenvalue weighted by molar-refractivity contribution is 7.80. The van der Waals surface area contributed by atoms with Gasteiger partial charge in [-0.25, -0.2) is 18.7 Å². The van der Waals surface area contributed by atoms with Gasteiger partial charge in [0.2, 0.25) is 0 Å². The standard InChI is InChI=1S/C23H24F2N4O2S/c1-3-4-5-11-31-19-9-8-16(13-18(19)20(24)25)28-23(32)29-22(30)17-12-15-7-6-10-26-21(15)27-14(17)2/h6-10,12-13,20H,3-5,11H2,1-2H3,(H2,28,29,30,32). The number of rotatable bonds is 8. The predicted molar refractivity (Wildman–Crippen MR) is 124 cm³/mol. The summed E-state index contributed by atoms with van der Waals surface area (Å²) in [6.07, 6.45) is 1.71. The minimum absolute atomic E-state index is 0.0162. The molecule has 0 aliphatic rings. The van der Waals surface area contributed by atoms with Crippen LogP contribution >= 0.6 is 12.2 Å². The zero-order valence-corrected chi connectivity index (χ0v) is 18.6. The van der Waals surface area contributed by atoms with E-state index in [1.165, 1.54) is 12.1 Å². The third kappa shape index (κ3) is 5.94. The number of fused-ring (bicyclic) bond motifs is 1. The molecule has 9 heteroatoms. The number of alkyl halides is 2. The SMILES string of the molecule is CCCCCOc1ccc(NC(=S)NC(=O)c2cc3cccnc3nc2C)cc1C(F)F. The smallest absolute Gasteiger partial charge is 0.267 e. The van der Waals surface area contributed by atoms with Crippen LogP contribution in [0.25, 0.3) is 11.0 Å². The molecule has 0 unspecified atom stereocenters. The summed E-state index contributed by atoms with van der Waals surface area (Å²) in [5.74, 6) is -0.314. The molecule has 6 nitrogen and oxygen atoms in total. The van der Waals surface area contributed by atoms with E-state index in [4.69, 9.17) is 17.0 Å². The number of carbonyl (C=O) groups is 1. The van der Waals surface area contributed by atoms with Crippen LogP contribution in [0.3, 0.4) is 0 Å². The molecule has 0 fully saturated rings. The van der Waals surface area contributed by atoms with E-state index in [0.29, 0.717) is 29.2 Å². The van der Waals surface area contributed by atoms with Crippen molar-refractivity contribution in [3.8, 4) is 5.75 Å². The van der Waals surface area contributed by atoms with Gasteiger partial charge < -0.3 is 10.1 Å². The van der Waals surface area contributed by atoms with Gasteiger partial charge in [-0.1, -0.05) is 19.8 Å². The Kier molecular flexibility index (Phi) is 7.99. The molecule has 3 aromatic rings. The number of nitrogens with zero attached hydrogens (tertiary/aromatic N) is 2. The third-order valence-electron chi connectivity index (χ3n) is 4.76. The predicted octanol–water partition coefficient (Wildman–Crippen LogP) is 5.57. The number of anilines is 1. The molecule has 0 aliphatic heterocycles. The van der Waals surface area contributed by atoms with Crippen molar-refractivity contribution in [2.24, 2.45) is 0 Å². The van der Waals surface area contributed by atoms with Crippen LogP contribution in [-0.2, 0) is 0 Å². The number of benzene rings is 1. The summed E-state index contributed by atoms with van der Waals surface area (Å²) in [5, 5.41) is 6.04. The molecule has 1 amide bonds. The summed E-state index contributed by atoms with van der Waals surface area (Å²) in [5.41, 5.74) is 1.48. The Labute approximate surface area is 190 Å². The lowest BCUT2D eigenvalue weighted by Crippen LogP contribution is -2.34. The van der Waals surface area contributed by atoms with Crippen molar-refractivity contribution in [1.82, 2.24) is 15.3 Å². The molecule has 0 spiro atoms. The second-order valence-electron chi connectivity index (χ2n) is 7.19. The lowest BCUT2D eigenvalue weighted by atomic mass is 10.1. The molecule has 1 aromatic carbocycles. The van der Waals surface area contributed by atoms with Crippen LogP contribution in [0.2, 0.25) is 0 Å². The molecule has 0 saturated carbocycles. The van der Waals surface area contributed by atoms with Crippen molar-refractivity contribution >= 4 is 40.0 Å². The molecule has 3 rings (SSSR count). The molecular weight excluding hydrogens is 434 g/mol. The van der Waals surface area contributed by atoms with Crippen molar-refractivity contribution in [3.63, 3.8) is 0 Å². The van der Waals surface area contributed by atoms with Gasteiger partial charge in [-0.3, -0.25) is 10.1 Å². The van der Waals surface area contributed by atoms with E-state index >= 15 is 0 Å². The first-order valence-corrected chi connectivity index (χ1v) is 10.7. The van der Waals surface area contributed by atoms with Crippen LogP contribution in [0.15, 0.2) is 42.6 Å². The second kappa shape index (κ2) is 10.9. The average molecular weight is 459 g/mol. The number of aromatic nitrogens is 2. The van der Waals surface area contributed by atoms with Crippen LogP contribution in [0.4, 0.5) is 14.5 Å². The maximum absolute atomic E-state index is 13.5. The monoisotopic (exact) mass is 458 g/mol. The van der Waals surface area contributed by atoms with Gasteiger partial charge in [0.25, 0.3) is 12.3 Å². The zero-order chi connectivity index (χ0) is 23.1. The van der Waals surface area contributed by atoms with E-state index < -0.39 is 12.3 Å². The molecule has 32 heavy (non-hydrogen) atoms. The Balaban J connectivity index is 1.68. The number of thiocarbonyl (C=S) groups is 1. The molecule has 0 atom stereocenters. The Bertz CT molecular complexity index is 1120. The van der Waals surface area contributed by atoms with Crippen LogP contribution in [0.1, 0.15) is 54.2 Å². The number of carbonyl (C=O) groups excluding carboxylic acids is 1. The summed E-state index contributed by atoms with van der Waals surface area (Å²) < 4.78 is 32.5. The first-order chi connectivity index (χ1) is 15.4. The molecule has 0 aliphatic carbocycles. The summed E-state index contributed by atoms with van der Waals surface area (Å²) in [6, 6.07) is 9.57. The van der Waals surface area contributed by atoms with E-state index in [1.54, 1.807) is 37.4 Å². The Morgan fingerprint density at radius 1 is 1.22 bits per heavy atom. The summed E-state index contributed by atoms with van der Waals surface area (Å²) in [7, 11) is 0. The molecule has 0 bridgehead atoms. The number of hydrogen-bond donors (Lipinski definition) is 2. The van der Waals surface area contributed by atoms with Gasteiger partial charge in [0.1, 0.15) is 5.75 Å². The highest BCUT2D eigenvalue weighted by Crippen LogP contribution is 2.32. The van der Waals surface area contributed by atoms with Gasteiger partial charge in [-0.15, -0.1) is 0 Å². The van der Waals surface area contributed by atoms with Gasteiger partial charge in [0, 0.05) is 17.3 Å². The van der Waals surface area contributed by atoms with Gasteiger partial charge in [0.05, 0.1) is 23.4 Å². The number of ether oxygens (including phenoxy) is 1. The highest BCUT2D eigenvalue weighted by atomic mass is 32.1. The minimum Gasteiger partial charge on any atom is -0.493 e. The van der Waals surface area contributed by atoms with E-state index in [1.807, 2.05) is 0 Å². The first kappa shape index (κ1) is 23.5. The number of aryl methyl sites for hydroxylation is 1. The fraction of sp³-hybridized carbons (Fsp3) is 0.304.